The van der Waals surface area contributed by atoms with Gasteiger partial charge in [0.25, 0.3) is 11.8 Å². The molecule has 0 aromatic heterocycles. The van der Waals surface area contributed by atoms with Crippen LogP contribution in [-0.4, -0.2) is 31.0 Å². The Balaban J connectivity index is 1.46. The predicted molar refractivity (Wildman–Crippen MR) is 116 cm³/mol. The lowest BCUT2D eigenvalue weighted by atomic mass is 10.1. The normalized spacial score (nSPS) is 12.6. The molecule has 1 aliphatic heterocycles. The molecular formula is C25H21NO5. The summed E-state index contributed by atoms with van der Waals surface area (Å²) < 4.78 is 10.7. The van der Waals surface area contributed by atoms with Crippen molar-refractivity contribution in [1.29, 1.82) is 0 Å². The summed E-state index contributed by atoms with van der Waals surface area (Å²) in [5.74, 6) is -0.739. The number of imide groups is 1. The Hall–Kier alpha value is -3.93. The number of fused-ring (bicyclic) bond motifs is 1. The summed E-state index contributed by atoms with van der Waals surface area (Å²) >= 11 is 0. The van der Waals surface area contributed by atoms with Gasteiger partial charge >= 0.3 is 5.97 Å². The first kappa shape index (κ1) is 20.3. The first-order valence-electron chi connectivity index (χ1n) is 9.91. The minimum Gasteiger partial charge on any atom is -0.490 e. The van der Waals surface area contributed by atoms with Gasteiger partial charge in [-0.25, -0.2) is 9.69 Å². The van der Waals surface area contributed by atoms with E-state index < -0.39 is 17.8 Å². The quantitative estimate of drug-likeness (QED) is 0.340. The fourth-order valence-electron chi connectivity index (χ4n) is 3.44. The molecule has 0 saturated carbocycles. The van der Waals surface area contributed by atoms with Gasteiger partial charge in [-0.1, -0.05) is 30.3 Å². The van der Waals surface area contributed by atoms with Crippen LogP contribution in [0.4, 0.5) is 5.69 Å². The third-order valence-corrected chi connectivity index (χ3v) is 5.06. The molecule has 0 aliphatic carbocycles. The van der Waals surface area contributed by atoms with Crippen molar-refractivity contribution < 1.29 is 23.9 Å². The molecule has 0 saturated heterocycles. The lowest BCUT2D eigenvalue weighted by Crippen LogP contribution is -2.30. The van der Waals surface area contributed by atoms with Gasteiger partial charge in [-0.15, -0.1) is 0 Å². The third kappa shape index (κ3) is 4.05. The summed E-state index contributed by atoms with van der Waals surface area (Å²) in [5.41, 5.74) is 2.99. The average molecular weight is 415 g/mol. The highest BCUT2D eigenvalue weighted by atomic mass is 16.6. The number of carbonyl (C=O) groups excluding carboxylic acids is 3. The van der Waals surface area contributed by atoms with Crippen molar-refractivity contribution in [3.05, 3.63) is 94.5 Å². The molecule has 1 aliphatic rings. The monoisotopic (exact) mass is 415 g/mol. The van der Waals surface area contributed by atoms with Crippen molar-refractivity contribution in [2.75, 3.05) is 18.1 Å². The molecule has 0 unspecified atom stereocenters. The number of hydrogen-bond acceptors (Lipinski definition) is 5. The largest absolute Gasteiger partial charge is 0.490 e. The lowest BCUT2D eigenvalue weighted by molar-refractivity contribution is 0.0450. The van der Waals surface area contributed by atoms with Crippen LogP contribution in [0.3, 0.4) is 0 Å². The lowest BCUT2D eigenvalue weighted by Gasteiger charge is -2.17. The molecule has 0 N–H and O–H groups in total. The topological polar surface area (TPSA) is 72.9 Å². The number of amides is 2. The van der Waals surface area contributed by atoms with Crippen LogP contribution in [0.2, 0.25) is 0 Å². The van der Waals surface area contributed by atoms with E-state index in [1.54, 1.807) is 6.07 Å². The van der Waals surface area contributed by atoms with Crippen LogP contribution in [-0.2, 0) is 4.74 Å². The van der Waals surface area contributed by atoms with Gasteiger partial charge in [0.05, 0.1) is 22.4 Å². The number of esters is 1. The standard InChI is InChI=1S/C25H21NO5/c1-16-8-9-17(2)22(14-16)26-23(27)20-11-10-18(15-21(20)24(26)28)25(29)31-13-12-30-19-6-4-3-5-7-19/h3-11,14-15H,12-13H2,1-2H3. The SMILES string of the molecule is Cc1ccc(C)c(N2C(=O)c3ccc(C(=O)OCCOc4ccccc4)cc3C2=O)c1. The van der Waals surface area contributed by atoms with E-state index in [1.165, 1.54) is 18.2 Å². The van der Waals surface area contributed by atoms with Crippen molar-refractivity contribution in [1.82, 2.24) is 0 Å². The highest BCUT2D eigenvalue weighted by molar-refractivity contribution is 6.35. The zero-order valence-electron chi connectivity index (χ0n) is 17.3. The molecule has 31 heavy (non-hydrogen) atoms. The van der Waals surface area contributed by atoms with Crippen LogP contribution in [0.5, 0.6) is 5.75 Å². The number of hydrogen-bond donors (Lipinski definition) is 0. The first-order valence-corrected chi connectivity index (χ1v) is 9.91. The molecule has 1 heterocycles. The van der Waals surface area contributed by atoms with Gasteiger partial charge in [0.2, 0.25) is 0 Å². The molecule has 0 atom stereocenters. The maximum absolute atomic E-state index is 13.0. The number of carbonyl (C=O) groups is 3. The Morgan fingerprint density at radius 1 is 0.839 bits per heavy atom. The van der Waals surface area contributed by atoms with Gasteiger partial charge in [0, 0.05) is 0 Å². The Morgan fingerprint density at radius 2 is 1.58 bits per heavy atom. The highest BCUT2D eigenvalue weighted by Crippen LogP contribution is 2.31. The van der Waals surface area contributed by atoms with E-state index in [0.717, 1.165) is 16.0 Å². The molecule has 0 spiro atoms. The van der Waals surface area contributed by atoms with Gasteiger partial charge in [0.15, 0.2) is 0 Å². The van der Waals surface area contributed by atoms with E-state index in [9.17, 15) is 14.4 Å². The second kappa shape index (κ2) is 8.44. The zero-order valence-corrected chi connectivity index (χ0v) is 17.3. The molecule has 0 fully saturated rings. The molecule has 4 rings (SSSR count). The number of para-hydroxylation sites is 1. The summed E-state index contributed by atoms with van der Waals surface area (Å²) in [5, 5.41) is 0. The summed E-state index contributed by atoms with van der Waals surface area (Å²) in [6, 6.07) is 19.2. The Morgan fingerprint density at radius 3 is 2.35 bits per heavy atom. The second-order valence-corrected chi connectivity index (χ2v) is 7.29. The molecule has 0 radical (unpaired) electrons. The molecule has 6 nitrogen and oxygen atoms in total. The number of rotatable bonds is 6. The van der Waals surface area contributed by atoms with Gasteiger partial charge in [-0.3, -0.25) is 9.59 Å². The molecule has 2 amide bonds. The van der Waals surface area contributed by atoms with Crippen LogP contribution in [0.1, 0.15) is 42.2 Å². The zero-order chi connectivity index (χ0) is 22.0. The number of aryl methyl sites for hydroxylation is 2. The molecular weight excluding hydrogens is 394 g/mol. The number of nitrogens with zero attached hydrogens (tertiary/aromatic N) is 1. The summed E-state index contributed by atoms with van der Waals surface area (Å²) in [6.07, 6.45) is 0. The highest BCUT2D eigenvalue weighted by Gasteiger charge is 2.37. The minimum absolute atomic E-state index is 0.0618. The van der Waals surface area contributed by atoms with Crippen molar-refractivity contribution in [2.45, 2.75) is 13.8 Å². The fraction of sp³-hybridized carbons (Fsp3) is 0.160. The Bertz CT molecular complexity index is 1170. The molecule has 3 aromatic rings. The molecule has 6 heteroatoms. The van der Waals surface area contributed by atoms with Crippen molar-refractivity contribution in [3.8, 4) is 5.75 Å². The van der Waals surface area contributed by atoms with Crippen LogP contribution < -0.4 is 9.64 Å². The Kier molecular flexibility index (Phi) is 5.54. The van der Waals surface area contributed by atoms with Gasteiger partial charge in [-0.2, -0.15) is 0 Å². The smallest absolute Gasteiger partial charge is 0.338 e. The van der Waals surface area contributed by atoms with Crippen molar-refractivity contribution >= 4 is 23.5 Å². The van der Waals surface area contributed by atoms with Gasteiger partial charge in [-0.05, 0) is 61.4 Å². The van der Waals surface area contributed by atoms with E-state index in [4.69, 9.17) is 9.47 Å². The molecule has 156 valence electrons. The number of ether oxygens (including phenoxy) is 2. The van der Waals surface area contributed by atoms with E-state index in [0.29, 0.717) is 11.4 Å². The second-order valence-electron chi connectivity index (χ2n) is 7.29. The number of anilines is 1. The maximum Gasteiger partial charge on any atom is 0.338 e. The van der Waals surface area contributed by atoms with Crippen molar-refractivity contribution in [2.24, 2.45) is 0 Å². The van der Waals surface area contributed by atoms with Gasteiger partial charge in [0.1, 0.15) is 19.0 Å². The minimum atomic E-state index is -0.579. The summed E-state index contributed by atoms with van der Waals surface area (Å²) in [4.78, 5) is 39.4. The van der Waals surface area contributed by atoms with E-state index in [2.05, 4.69) is 0 Å². The predicted octanol–water partition coefficient (Wildman–Crippen LogP) is 4.34. The third-order valence-electron chi connectivity index (χ3n) is 5.06. The Labute approximate surface area is 180 Å². The van der Waals surface area contributed by atoms with E-state index in [-0.39, 0.29) is 29.9 Å². The van der Waals surface area contributed by atoms with Crippen LogP contribution in [0.25, 0.3) is 0 Å². The van der Waals surface area contributed by atoms with Crippen LogP contribution in [0.15, 0.2) is 66.7 Å². The molecule has 0 bridgehead atoms. The average Bonchev–Trinajstić information content (AvgIpc) is 3.03. The van der Waals surface area contributed by atoms with Crippen LogP contribution >= 0.6 is 0 Å². The van der Waals surface area contributed by atoms with Crippen molar-refractivity contribution in [3.63, 3.8) is 0 Å². The number of benzene rings is 3. The summed E-state index contributed by atoms with van der Waals surface area (Å²) in [7, 11) is 0. The summed E-state index contributed by atoms with van der Waals surface area (Å²) in [6.45, 7) is 4.01. The van der Waals surface area contributed by atoms with Gasteiger partial charge < -0.3 is 9.47 Å². The van der Waals surface area contributed by atoms with E-state index >= 15 is 0 Å². The molecule has 3 aromatic carbocycles. The first-order chi connectivity index (χ1) is 15.0. The maximum atomic E-state index is 13.0. The van der Waals surface area contributed by atoms with E-state index in [1.807, 2.05) is 56.3 Å². The fourth-order valence-corrected chi connectivity index (χ4v) is 3.44. The van der Waals surface area contributed by atoms with Crippen LogP contribution in [0, 0.1) is 13.8 Å².